The van der Waals surface area contributed by atoms with Gasteiger partial charge in [-0.3, -0.25) is 0 Å². The molecular formula is C12H11N5O3S. The monoisotopic (exact) mass is 305 g/mol. The third-order valence-corrected chi connectivity index (χ3v) is 3.44. The van der Waals surface area contributed by atoms with Gasteiger partial charge in [-0.2, -0.15) is 0 Å². The number of nitrogens with zero attached hydrogens (tertiary/aromatic N) is 5. The summed E-state index contributed by atoms with van der Waals surface area (Å²) in [5, 5.41) is 12.8. The Morgan fingerprint density at radius 2 is 2.43 bits per heavy atom. The largest absolute Gasteiger partial charge is 0.460 e. The molecule has 0 aliphatic heterocycles. The Balaban J connectivity index is 1.79. The molecule has 0 aliphatic rings. The Morgan fingerprint density at radius 1 is 1.52 bits per heavy atom. The van der Waals surface area contributed by atoms with E-state index >= 15 is 0 Å². The molecule has 9 heteroatoms. The van der Waals surface area contributed by atoms with Crippen molar-refractivity contribution in [2.75, 3.05) is 6.61 Å². The number of carbonyl (C=O) groups is 1. The summed E-state index contributed by atoms with van der Waals surface area (Å²) in [6.07, 6.45) is 1.52. The molecule has 0 radical (unpaired) electrons. The van der Waals surface area contributed by atoms with Gasteiger partial charge in [0, 0.05) is 0 Å². The summed E-state index contributed by atoms with van der Waals surface area (Å²) in [4.78, 5) is 17.0. The number of carbonyl (C=O) groups excluding carboxylic acids is 1. The van der Waals surface area contributed by atoms with Crippen LogP contribution in [0.25, 0.3) is 10.8 Å². The number of oxazole rings is 1. The molecule has 3 heterocycles. The molecule has 0 N–H and O–H groups in total. The van der Waals surface area contributed by atoms with Crippen LogP contribution in [0, 0.1) is 0 Å². The minimum Gasteiger partial charge on any atom is -0.460 e. The fourth-order valence-electron chi connectivity index (χ4n) is 1.70. The van der Waals surface area contributed by atoms with Gasteiger partial charge in [0.1, 0.15) is 12.0 Å². The average molecular weight is 305 g/mol. The van der Waals surface area contributed by atoms with Crippen LogP contribution in [0.1, 0.15) is 23.2 Å². The van der Waals surface area contributed by atoms with E-state index in [4.69, 9.17) is 9.15 Å². The van der Waals surface area contributed by atoms with Crippen LogP contribution in [0.5, 0.6) is 0 Å². The van der Waals surface area contributed by atoms with Gasteiger partial charge in [0.15, 0.2) is 0 Å². The lowest BCUT2D eigenvalue weighted by atomic mass is 10.4. The first-order valence-electron chi connectivity index (χ1n) is 6.19. The van der Waals surface area contributed by atoms with Crippen molar-refractivity contribution in [1.29, 1.82) is 0 Å². The molecule has 0 aliphatic carbocycles. The number of ether oxygens (including phenoxy) is 1. The summed E-state index contributed by atoms with van der Waals surface area (Å²) in [6.45, 7) is 2.21. The highest BCUT2D eigenvalue weighted by molar-refractivity contribution is 7.13. The molecular weight excluding hydrogens is 294 g/mol. The summed E-state index contributed by atoms with van der Waals surface area (Å²) < 4.78 is 11.6. The smallest absolute Gasteiger partial charge is 0.378 e. The Hall–Kier alpha value is -2.55. The first-order valence-corrected chi connectivity index (χ1v) is 7.07. The molecule has 0 spiro atoms. The van der Waals surface area contributed by atoms with Crippen LogP contribution < -0.4 is 0 Å². The predicted octanol–water partition coefficient (Wildman–Crippen LogP) is 1.61. The molecule has 8 nitrogen and oxygen atoms in total. The van der Waals surface area contributed by atoms with Crippen molar-refractivity contribution in [3.63, 3.8) is 0 Å². The molecule has 3 aromatic rings. The number of hydrogen-bond donors (Lipinski definition) is 0. The quantitative estimate of drug-likeness (QED) is 0.661. The molecule has 0 amide bonds. The normalized spacial score (nSPS) is 10.7. The van der Waals surface area contributed by atoms with Gasteiger partial charge in [0.05, 0.1) is 18.0 Å². The van der Waals surface area contributed by atoms with Crippen LogP contribution in [0.15, 0.2) is 28.2 Å². The number of aromatic nitrogens is 5. The van der Waals surface area contributed by atoms with Gasteiger partial charge in [0.25, 0.3) is 5.82 Å². The standard InChI is InChI=1S/C12H11N5O3S/c1-2-19-12(18)10-14-15-16-17(10)6-8-7-20-11(13-8)9-4-3-5-21-9/h3-5,7H,2,6H2,1H3. The maximum atomic E-state index is 11.7. The van der Waals surface area contributed by atoms with Crippen molar-refractivity contribution in [1.82, 2.24) is 25.2 Å². The summed E-state index contributed by atoms with van der Waals surface area (Å²) in [5.74, 6) is 0.00718. The second-order valence-electron chi connectivity index (χ2n) is 4.00. The fraction of sp³-hybridized carbons (Fsp3) is 0.250. The lowest BCUT2D eigenvalue weighted by Gasteiger charge is -2.01. The zero-order valence-electron chi connectivity index (χ0n) is 11.1. The molecule has 0 atom stereocenters. The van der Waals surface area contributed by atoms with Crippen molar-refractivity contribution in [3.8, 4) is 10.8 Å². The average Bonchev–Trinajstić information content (AvgIpc) is 3.20. The number of esters is 1. The van der Waals surface area contributed by atoms with Crippen LogP contribution in [-0.4, -0.2) is 37.8 Å². The molecule has 0 aromatic carbocycles. The van der Waals surface area contributed by atoms with Crippen molar-refractivity contribution < 1.29 is 13.9 Å². The summed E-state index contributed by atoms with van der Waals surface area (Å²) in [6, 6.07) is 3.84. The van der Waals surface area contributed by atoms with Crippen molar-refractivity contribution in [2.45, 2.75) is 13.5 Å². The van der Waals surface area contributed by atoms with Crippen LogP contribution in [0.3, 0.4) is 0 Å². The molecule has 3 aromatic heterocycles. The molecule has 21 heavy (non-hydrogen) atoms. The number of rotatable bonds is 5. The van der Waals surface area contributed by atoms with E-state index in [0.717, 1.165) is 4.88 Å². The second kappa shape index (κ2) is 5.83. The van der Waals surface area contributed by atoms with Gasteiger partial charge >= 0.3 is 5.97 Å². The zero-order valence-corrected chi connectivity index (χ0v) is 11.9. The van der Waals surface area contributed by atoms with E-state index < -0.39 is 5.97 Å². The topological polar surface area (TPSA) is 95.9 Å². The maximum Gasteiger partial charge on any atom is 0.378 e. The Morgan fingerprint density at radius 3 is 3.19 bits per heavy atom. The van der Waals surface area contributed by atoms with Gasteiger partial charge in [-0.15, -0.1) is 16.4 Å². The van der Waals surface area contributed by atoms with Crippen LogP contribution >= 0.6 is 11.3 Å². The Kier molecular flexibility index (Phi) is 3.73. The van der Waals surface area contributed by atoms with E-state index in [-0.39, 0.29) is 19.0 Å². The third-order valence-electron chi connectivity index (χ3n) is 2.59. The zero-order chi connectivity index (χ0) is 14.7. The van der Waals surface area contributed by atoms with E-state index in [1.54, 1.807) is 6.92 Å². The predicted molar refractivity (Wildman–Crippen MR) is 72.7 cm³/mol. The molecule has 0 unspecified atom stereocenters. The molecule has 0 saturated carbocycles. The molecule has 0 fully saturated rings. The van der Waals surface area contributed by atoms with Gasteiger partial charge in [0.2, 0.25) is 5.89 Å². The van der Waals surface area contributed by atoms with Crippen molar-refractivity contribution >= 4 is 17.3 Å². The van der Waals surface area contributed by atoms with E-state index in [1.165, 1.54) is 22.3 Å². The summed E-state index contributed by atoms with van der Waals surface area (Å²) in [7, 11) is 0. The molecule has 108 valence electrons. The minimum absolute atomic E-state index is 0.0394. The lowest BCUT2D eigenvalue weighted by molar-refractivity contribution is 0.0505. The van der Waals surface area contributed by atoms with Gasteiger partial charge in [-0.25, -0.2) is 14.5 Å². The van der Waals surface area contributed by atoms with Crippen molar-refractivity contribution in [2.24, 2.45) is 0 Å². The van der Waals surface area contributed by atoms with E-state index in [1.807, 2.05) is 17.5 Å². The van der Waals surface area contributed by atoms with Gasteiger partial charge in [-0.1, -0.05) is 6.07 Å². The Labute approximate surface area is 123 Å². The van der Waals surface area contributed by atoms with Crippen LogP contribution in [-0.2, 0) is 11.3 Å². The number of thiophene rings is 1. The fourth-order valence-corrected chi connectivity index (χ4v) is 2.35. The third kappa shape index (κ3) is 2.82. The first kappa shape index (κ1) is 13.4. The van der Waals surface area contributed by atoms with Crippen molar-refractivity contribution in [3.05, 3.63) is 35.3 Å². The highest BCUT2D eigenvalue weighted by Crippen LogP contribution is 2.23. The maximum absolute atomic E-state index is 11.7. The van der Waals surface area contributed by atoms with Gasteiger partial charge < -0.3 is 9.15 Å². The van der Waals surface area contributed by atoms with E-state index in [9.17, 15) is 4.79 Å². The minimum atomic E-state index is -0.565. The SMILES string of the molecule is CCOC(=O)c1nnnn1Cc1coc(-c2cccs2)n1. The summed E-state index contributed by atoms with van der Waals surface area (Å²) in [5.41, 5.74) is 0.622. The van der Waals surface area contributed by atoms with Crippen LogP contribution in [0.4, 0.5) is 0 Å². The molecule has 3 rings (SSSR count). The molecule has 0 saturated heterocycles. The van der Waals surface area contributed by atoms with E-state index in [0.29, 0.717) is 11.6 Å². The lowest BCUT2D eigenvalue weighted by Crippen LogP contribution is -2.15. The van der Waals surface area contributed by atoms with E-state index in [2.05, 4.69) is 20.5 Å². The highest BCUT2D eigenvalue weighted by Gasteiger charge is 2.18. The number of hydrogen-bond acceptors (Lipinski definition) is 8. The first-order chi connectivity index (χ1) is 10.3. The summed E-state index contributed by atoms with van der Waals surface area (Å²) >= 11 is 1.53. The Bertz CT molecular complexity index is 734. The number of tetrazole rings is 1. The highest BCUT2D eigenvalue weighted by atomic mass is 32.1. The van der Waals surface area contributed by atoms with Crippen LogP contribution in [0.2, 0.25) is 0 Å². The van der Waals surface area contributed by atoms with Gasteiger partial charge in [-0.05, 0) is 28.8 Å². The second-order valence-corrected chi connectivity index (χ2v) is 4.95. The molecule has 0 bridgehead atoms.